The van der Waals surface area contributed by atoms with Crippen molar-refractivity contribution in [1.29, 1.82) is 0 Å². The van der Waals surface area contributed by atoms with Crippen molar-refractivity contribution < 1.29 is 9.84 Å². The summed E-state index contributed by atoms with van der Waals surface area (Å²) in [6, 6.07) is 7.95. The van der Waals surface area contributed by atoms with Crippen molar-refractivity contribution in [2.24, 2.45) is 5.41 Å². The van der Waals surface area contributed by atoms with Gasteiger partial charge in [0, 0.05) is 31.5 Å². The average Bonchev–Trinajstić information content (AvgIpc) is 2.61. The monoisotopic (exact) mass is 313 g/mol. The third kappa shape index (κ3) is 2.39. The first-order valence-electron chi connectivity index (χ1n) is 8.49. The summed E-state index contributed by atoms with van der Waals surface area (Å²) in [5.41, 5.74) is 1.81. The van der Waals surface area contributed by atoms with Crippen molar-refractivity contribution in [3.05, 3.63) is 30.5 Å². The number of piperidine rings is 1. The van der Waals surface area contributed by atoms with Crippen molar-refractivity contribution in [3.63, 3.8) is 0 Å². The maximum atomic E-state index is 10.3. The summed E-state index contributed by atoms with van der Waals surface area (Å²) in [4.78, 5) is 11.5. The number of benzene rings is 1. The van der Waals surface area contributed by atoms with Crippen LogP contribution in [0.2, 0.25) is 0 Å². The Morgan fingerprint density at radius 1 is 1.26 bits per heavy atom. The van der Waals surface area contributed by atoms with E-state index in [0.717, 1.165) is 55.8 Å². The van der Waals surface area contributed by atoms with Crippen LogP contribution in [0, 0.1) is 5.41 Å². The van der Waals surface area contributed by atoms with Crippen molar-refractivity contribution in [2.45, 2.75) is 38.4 Å². The van der Waals surface area contributed by atoms with E-state index in [9.17, 15) is 5.11 Å². The molecule has 1 aromatic heterocycles. The zero-order chi connectivity index (χ0) is 15.9. The van der Waals surface area contributed by atoms with Gasteiger partial charge in [0.25, 0.3) is 0 Å². The summed E-state index contributed by atoms with van der Waals surface area (Å²) in [7, 11) is 0. The van der Waals surface area contributed by atoms with E-state index < -0.39 is 0 Å². The van der Waals surface area contributed by atoms with Crippen LogP contribution in [0.4, 0.5) is 5.82 Å². The molecule has 5 heteroatoms. The van der Waals surface area contributed by atoms with Gasteiger partial charge in [0.1, 0.15) is 5.82 Å². The van der Waals surface area contributed by atoms with E-state index in [4.69, 9.17) is 9.72 Å². The Balaban J connectivity index is 1.50. The molecule has 1 aliphatic heterocycles. The molecule has 0 unspecified atom stereocenters. The maximum absolute atomic E-state index is 10.3. The summed E-state index contributed by atoms with van der Waals surface area (Å²) in [6.45, 7) is 4.54. The van der Waals surface area contributed by atoms with Crippen LogP contribution in [0.5, 0.6) is 0 Å². The number of aliphatic hydroxyl groups is 1. The molecule has 1 saturated heterocycles. The van der Waals surface area contributed by atoms with Gasteiger partial charge in [0.2, 0.25) is 0 Å². The molecule has 122 valence electrons. The number of hydrogen-bond donors (Lipinski definition) is 1. The fourth-order valence-corrected chi connectivity index (χ4v) is 4.07. The normalized spacial score (nSPS) is 26.4. The number of nitrogens with zero attached hydrogens (tertiary/aromatic N) is 3. The molecule has 2 atom stereocenters. The van der Waals surface area contributed by atoms with E-state index in [1.807, 2.05) is 37.4 Å². The Hall–Kier alpha value is -1.72. The van der Waals surface area contributed by atoms with Crippen molar-refractivity contribution >= 4 is 16.9 Å². The Morgan fingerprint density at radius 2 is 2.00 bits per heavy atom. The molecule has 2 aliphatic rings. The molecular formula is C18H23N3O2. The number of hydrogen-bond acceptors (Lipinski definition) is 5. The molecule has 1 saturated carbocycles. The van der Waals surface area contributed by atoms with Gasteiger partial charge >= 0.3 is 0 Å². The fourth-order valence-electron chi connectivity index (χ4n) is 4.07. The van der Waals surface area contributed by atoms with E-state index in [0.29, 0.717) is 0 Å². The highest BCUT2D eigenvalue weighted by Crippen LogP contribution is 2.51. The van der Waals surface area contributed by atoms with Crippen LogP contribution in [-0.4, -0.2) is 47.0 Å². The van der Waals surface area contributed by atoms with Crippen molar-refractivity contribution in [3.8, 4) is 0 Å². The second kappa shape index (κ2) is 5.73. The van der Waals surface area contributed by atoms with Gasteiger partial charge in [0.15, 0.2) is 0 Å². The second-order valence-corrected chi connectivity index (χ2v) is 6.63. The summed E-state index contributed by atoms with van der Waals surface area (Å²) >= 11 is 0. The molecule has 0 amide bonds. The zero-order valence-electron chi connectivity index (χ0n) is 13.5. The molecule has 0 bridgehead atoms. The van der Waals surface area contributed by atoms with Crippen LogP contribution in [0.15, 0.2) is 30.5 Å². The molecule has 4 rings (SSSR count). The van der Waals surface area contributed by atoms with E-state index in [1.54, 1.807) is 0 Å². The lowest BCUT2D eigenvalue weighted by atomic mass is 9.58. The van der Waals surface area contributed by atoms with Gasteiger partial charge in [-0.2, -0.15) is 0 Å². The molecule has 5 nitrogen and oxygen atoms in total. The number of aliphatic hydroxyl groups excluding tert-OH is 1. The highest BCUT2D eigenvalue weighted by atomic mass is 16.5. The van der Waals surface area contributed by atoms with Crippen molar-refractivity contribution in [2.75, 3.05) is 24.6 Å². The topological polar surface area (TPSA) is 58.5 Å². The summed E-state index contributed by atoms with van der Waals surface area (Å²) in [6.07, 6.45) is 4.54. The number of aromatic nitrogens is 2. The Bertz CT molecular complexity index is 695. The molecule has 1 N–H and O–H groups in total. The molecule has 1 spiro atoms. The van der Waals surface area contributed by atoms with Gasteiger partial charge in [-0.1, -0.05) is 12.1 Å². The van der Waals surface area contributed by atoms with Crippen LogP contribution in [0.1, 0.15) is 26.2 Å². The molecule has 0 radical (unpaired) electrons. The number of rotatable bonds is 3. The van der Waals surface area contributed by atoms with Crippen molar-refractivity contribution in [1.82, 2.24) is 9.97 Å². The molecule has 2 aromatic rings. The van der Waals surface area contributed by atoms with Crippen LogP contribution in [-0.2, 0) is 4.74 Å². The van der Waals surface area contributed by atoms with Crippen LogP contribution in [0.25, 0.3) is 11.0 Å². The minimum Gasteiger partial charge on any atom is -0.392 e. The van der Waals surface area contributed by atoms with Crippen LogP contribution in [0.3, 0.4) is 0 Å². The van der Waals surface area contributed by atoms with Gasteiger partial charge in [-0.05, 0) is 31.9 Å². The maximum Gasteiger partial charge on any atom is 0.147 e. The number of para-hydroxylation sites is 2. The van der Waals surface area contributed by atoms with Gasteiger partial charge < -0.3 is 14.7 Å². The molecule has 1 aliphatic carbocycles. The lowest BCUT2D eigenvalue weighted by molar-refractivity contribution is -0.199. The van der Waals surface area contributed by atoms with Gasteiger partial charge in [0.05, 0.1) is 29.4 Å². The first-order valence-corrected chi connectivity index (χ1v) is 8.49. The molecule has 2 fully saturated rings. The van der Waals surface area contributed by atoms with E-state index >= 15 is 0 Å². The Morgan fingerprint density at radius 3 is 2.70 bits per heavy atom. The predicted octanol–water partition coefficient (Wildman–Crippen LogP) is 2.39. The summed E-state index contributed by atoms with van der Waals surface area (Å²) < 4.78 is 5.83. The van der Waals surface area contributed by atoms with E-state index in [2.05, 4.69) is 9.88 Å². The van der Waals surface area contributed by atoms with Gasteiger partial charge in [-0.15, -0.1) is 0 Å². The number of fused-ring (bicyclic) bond motifs is 1. The lowest BCUT2D eigenvalue weighted by Crippen LogP contribution is -2.62. The molecular weight excluding hydrogens is 290 g/mol. The molecule has 23 heavy (non-hydrogen) atoms. The van der Waals surface area contributed by atoms with Gasteiger partial charge in [-0.3, -0.25) is 4.98 Å². The minimum absolute atomic E-state index is 0.0449. The number of anilines is 1. The lowest BCUT2D eigenvalue weighted by Gasteiger charge is -2.56. The average molecular weight is 313 g/mol. The van der Waals surface area contributed by atoms with Crippen LogP contribution >= 0.6 is 0 Å². The quantitative estimate of drug-likeness (QED) is 0.943. The third-order valence-electron chi connectivity index (χ3n) is 5.56. The molecule has 1 aromatic carbocycles. The summed E-state index contributed by atoms with van der Waals surface area (Å²) in [5, 5.41) is 10.3. The zero-order valence-corrected chi connectivity index (χ0v) is 13.5. The Kier molecular flexibility index (Phi) is 3.70. The largest absolute Gasteiger partial charge is 0.392 e. The van der Waals surface area contributed by atoms with E-state index in [-0.39, 0.29) is 17.6 Å². The minimum atomic E-state index is -0.219. The fraction of sp³-hybridized carbons (Fsp3) is 0.556. The Labute approximate surface area is 136 Å². The summed E-state index contributed by atoms with van der Waals surface area (Å²) in [5.74, 6) is 0.931. The first-order chi connectivity index (χ1) is 11.2. The highest BCUT2D eigenvalue weighted by Gasteiger charge is 2.56. The van der Waals surface area contributed by atoms with Gasteiger partial charge in [-0.25, -0.2) is 4.98 Å². The standard InChI is InChI=1S/C18H23N3O2/c1-2-23-16-11-15(22)18(16)7-9-21(10-8-18)17-12-19-13-5-3-4-6-14(13)20-17/h3-6,12,15-16,22H,2,7-11H2,1H3/t15-,16-/m1/s1. The first kappa shape index (κ1) is 14.8. The second-order valence-electron chi connectivity index (χ2n) is 6.63. The third-order valence-corrected chi connectivity index (χ3v) is 5.56. The smallest absolute Gasteiger partial charge is 0.147 e. The number of ether oxygens (including phenoxy) is 1. The SMILES string of the molecule is CCO[C@@H]1C[C@@H](O)C12CCN(c1cnc3ccccc3n1)CC2. The predicted molar refractivity (Wildman–Crippen MR) is 89.5 cm³/mol. The van der Waals surface area contributed by atoms with E-state index in [1.165, 1.54) is 0 Å². The van der Waals surface area contributed by atoms with Crippen LogP contribution < -0.4 is 4.90 Å². The molecule has 2 heterocycles. The highest BCUT2D eigenvalue weighted by molar-refractivity contribution is 5.75.